The molecular weight excluding hydrogens is 434 g/mol. The Morgan fingerprint density at radius 1 is 1.12 bits per heavy atom. The summed E-state index contributed by atoms with van der Waals surface area (Å²) in [5, 5.41) is 4.18. The molecule has 180 valence electrons. The van der Waals surface area contributed by atoms with Crippen LogP contribution in [-0.4, -0.2) is 57.7 Å². The summed E-state index contributed by atoms with van der Waals surface area (Å²) < 4.78 is 22.8. The fourth-order valence-corrected chi connectivity index (χ4v) is 4.29. The molecule has 0 spiro atoms. The number of pyridine rings is 1. The highest BCUT2D eigenvalue weighted by molar-refractivity contribution is 5.65. The van der Waals surface area contributed by atoms with Gasteiger partial charge in [-0.3, -0.25) is 4.90 Å². The third-order valence-corrected chi connectivity index (χ3v) is 6.17. The molecule has 1 saturated heterocycles. The van der Waals surface area contributed by atoms with E-state index in [1.54, 1.807) is 12.3 Å². The molecule has 9 heteroatoms. The molecule has 2 aliphatic rings. The molecule has 0 radical (unpaired) electrons. The molecule has 1 aromatic carbocycles. The SMILES string of the molecule is CC(C)Oc1ncc(-c2nc(-c3ccc4c(c3)CCN(C3COC(C)(C)OC3)C4)no2)cc1N. The van der Waals surface area contributed by atoms with E-state index in [0.717, 1.165) is 25.1 Å². The fourth-order valence-electron chi connectivity index (χ4n) is 4.29. The Kier molecular flexibility index (Phi) is 6.01. The van der Waals surface area contributed by atoms with Crippen molar-refractivity contribution in [2.24, 2.45) is 0 Å². The Bertz CT molecular complexity index is 1170. The second-order valence-electron chi connectivity index (χ2n) is 9.59. The lowest BCUT2D eigenvalue weighted by molar-refractivity contribution is -0.264. The van der Waals surface area contributed by atoms with Gasteiger partial charge in [0, 0.05) is 24.8 Å². The molecule has 0 atom stereocenters. The van der Waals surface area contributed by atoms with Crippen LogP contribution in [0.5, 0.6) is 5.88 Å². The van der Waals surface area contributed by atoms with E-state index in [0.29, 0.717) is 42.1 Å². The monoisotopic (exact) mass is 465 g/mol. The predicted octanol–water partition coefficient (Wildman–Crippen LogP) is 3.68. The van der Waals surface area contributed by atoms with Gasteiger partial charge in [0.1, 0.15) is 0 Å². The standard InChI is InChI=1S/C25H31N5O4/c1-15(2)33-24-21(26)10-19(11-27-24)23-28-22(29-34-23)17-5-6-18-12-30(8-7-16(18)9-17)20-13-31-25(3,4)32-14-20/h5-6,9-11,15,20H,7-8,12-14,26H2,1-4H3. The topological polar surface area (TPSA) is 109 Å². The highest BCUT2D eigenvalue weighted by Crippen LogP contribution is 2.30. The predicted molar refractivity (Wildman–Crippen MR) is 127 cm³/mol. The van der Waals surface area contributed by atoms with E-state index in [1.807, 2.05) is 33.8 Å². The molecule has 2 N–H and O–H groups in total. The minimum absolute atomic E-state index is 0.0109. The van der Waals surface area contributed by atoms with Crippen molar-refractivity contribution in [2.75, 3.05) is 25.5 Å². The zero-order valence-corrected chi connectivity index (χ0v) is 20.1. The summed E-state index contributed by atoms with van der Waals surface area (Å²) in [7, 11) is 0. The molecule has 0 amide bonds. The Balaban J connectivity index is 1.29. The summed E-state index contributed by atoms with van der Waals surface area (Å²) in [5.74, 6) is 0.818. The lowest BCUT2D eigenvalue weighted by atomic mass is 9.96. The van der Waals surface area contributed by atoms with Crippen LogP contribution in [0.1, 0.15) is 38.8 Å². The number of fused-ring (bicyclic) bond motifs is 1. The van der Waals surface area contributed by atoms with Gasteiger partial charge < -0.3 is 24.5 Å². The number of ether oxygens (including phenoxy) is 3. The van der Waals surface area contributed by atoms with Crippen LogP contribution in [0.3, 0.4) is 0 Å². The van der Waals surface area contributed by atoms with Crippen molar-refractivity contribution in [2.45, 2.75) is 58.6 Å². The maximum absolute atomic E-state index is 6.08. The number of anilines is 1. The lowest BCUT2D eigenvalue weighted by Crippen LogP contribution is -2.51. The van der Waals surface area contributed by atoms with Gasteiger partial charge in [0.25, 0.3) is 5.89 Å². The molecule has 4 heterocycles. The van der Waals surface area contributed by atoms with E-state index in [1.165, 1.54) is 11.1 Å². The summed E-state index contributed by atoms with van der Waals surface area (Å²) in [6, 6.07) is 8.37. The molecule has 0 aliphatic carbocycles. The van der Waals surface area contributed by atoms with Crippen molar-refractivity contribution in [1.29, 1.82) is 0 Å². The largest absolute Gasteiger partial charge is 0.473 e. The van der Waals surface area contributed by atoms with Gasteiger partial charge in [-0.25, -0.2) is 4.98 Å². The van der Waals surface area contributed by atoms with Crippen LogP contribution in [0, 0.1) is 0 Å². The third-order valence-electron chi connectivity index (χ3n) is 6.17. The van der Waals surface area contributed by atoms with Crippen molar-refractivity contribution in [3.05, 3.63) is 41.6 Å². The smallest absolute Gasteiger partial charge is 0.259 e. The molecule has 2 aromatic heterocycles. The van der Waals surface area contributed by atoms with Crippen LogP contribution >= 0.6 is 0 Å². The van der Waals surface area contributed by atoms with Gasteiger partial charge in [-0.05, 0) is 57.4 Å². The normalized spacial score (nSPS) is 18.7. The van der Waals surface area contributed by atoms with E-state index >= 15 is 0 Å². The zero-order valence-electron chi connectivity index (χ0n) is 20.1. The average Bonchev–Trinajstić information content (AvgIpc) is 3.30. The van der Waals surface area contributed by atoms with Crippen LogP contribution in [0.4, 0.5) is 5.69 Å². The molecule has 0 bridgehead atoms. The van der Waals surface area contributed by atoms with Crippen LogP contribution in [-0.2, 0) is 22.4 Å². The van der Waals surface area contributed by atoms with Crippen molar-refractivity contribution in [3.63, 3.8) is 0 Å². The number of nitrogens with zero attached hydrogens (tertiary/aromatic N) is 4. The van der Waals surface area contributed by atoms with Gasteiger partial charge in [0.15, 0.2) is 5.79 Å². The molecule has 9 nitrogen and oxygen atoms in total. The molecule has 3 aromatic rings. The maximum Gasteiger partial charge on any atom is 0.259 e. The first kappa shape index (κ1) is 22.8. The number of nitrogen functional groups attached to an aromatic ring is 1. The lowest BCUT2D eigenvalue weighted by Gasteiger charge is -2.41. The van der Waals surface area contributed by atoms with Crippen LogP contribution in [0.15, 0.2) is 35.0 Å². The molecule has 1 fully saturated rings. The minimum Gasteiger partial charge on any atom is -0.473 e. The van der Waals surface area contributed by atoms with Crippen molar-refractivity contribution in [1.82, 2.24) is 20.0 Å². The zero-order chi connectivity index (χ0) is 23.9. The number of rotatable bonds is 5. The van der Waals surface area contributed by atoms with Crippen LogP contribution < -0.4 is 10.5 Å². The quantitative estimate of drug-likeness (QED) is 0.603. The Labute approximate surface area is 199 Å². The average molecular weight is 466 g/mol. The first-order valence-electron chi connectivity index (χ1n) is 11.7. The fraction of sp³-hybridized carbons (Fsp3) is 0.480. The van der Waals surface area contributed by atoms with Gasteiger partial charge in [-0.15, -0.1) is 0 Å². The highest BCUT2D eigenvalue weighted by atomic mass is 16.7. The maximum atomic E-state index is 6.08. The second-order valence-corrected chi connectivity index (χ2v) is 9.59. The summed E-state index contributed by atoms with van der Waals surface area (Å²) in [4.78, 5) is 11.3. The number of hydrogen-bond donors (Lipinski definition) is 1. The second kappa shape index (κ2) is 8.98. The molecule has 0 unspecified atom stereocenters. The van der Waals surface area contributed by atoms with E-state index in [4.69, 9.17) is 24.5 Å². The summed E-state index contributed by atoms with van der Waals surface area (Å²) in [6.45, 7) is 11.0. The van der Waals surface area contributed by atoms with E-state index < -0.39 is 5.79 Å². The van der Waals surface area contributed by atoms with Gasteiger partial charge in [0.2, 0.25) is 11.7 Å². The highest BCUT2D eigenvalue weighted by Gasteiger charge is 2.33. The van der Waals surface area contributed by atoms with Gasteiger partial charge in [0.05, 0.1) is 36.6 Å². The number of benzene rings is 1. The van der Waals surface area contributed by atoms with E-state index in [9.17, 15) is 0 Å². The molecule has 2 aliphatic heterocycles. The van der Waals surface area contributed by atoms with Crippen molar-refractivity contribution < 1.29 is 18.7 Å². The Morgan fingerprint density at radius 2 is 1.91 bits per heavy atom. The first-order chi connectivity index (χ1) is 16.3. The molecular formula is C25H31N5O4. The number of hydrogen-bond acceptors (Lipinski definition) is 9. The van der Waals surface area contributed by atoms with Crippen LogP contribution in [0.25, 0.3) is 22.8 Å². The Hall–Kier alpha value is -3.01. The number of nitrogens with two attached hydrogens (primary N) is 1. The van der Waals surface area contributed by atoms with Gasteiger partial charge in [-0.1, -0.05) is 17.3 Å². The van der Waals surface area contributed by atoms with Gasteiger partial charge in [-0.2, -0.15) is 4.98 Å². The molecule has 0 saturated carbocycles. The summed E-state index contributed by atoms with van der Waals surface area (Å²) in [5.41, 5.74) is 10.7. The Morgan fingerprint density at radius 3 is 2.65 bits per heavy atom. The third kappa shape index (κ3) is 4.77. The van der Waals surface area contributed by atoms with E-state index in [-0.39, 0.29) is 12.1 Å². The van der Waals surface area contributed by atoms with Crippen molar-refractivity contribution in [3.8, 4) is 28.7 Å². The van der Waals surface area contributed by atoms with Crippen molar-refractivity contribution >= 4 is 5.69 Å². The van der Waals surface area contributed by atoms with Gasteiger partial charge >= 0.3 is 0 Å². The minimum atomic E-state index is -0.492. The molecule has 5 rings (SSSR count). The number of aromatic nitrogens is 3. The summed E-state index contributed by atoms with van der Waals surface area (Å²) in [6.07, 6.45) is 2.57. The molecule has 34 heavy (non-hydrogen) atoms. The van der Waals surface area contributed by atoms with E-state index in [2.05, 4.69) is 32.2 Å². The summed E-state index contributed by atoms with van der Waals surface area (Å²) >= 11 is 0. The first-order valence-corrected chi connectivity index (χ1v) is 11.7. The van der Waals surface area contributed by atoms with Crippen LogP contribution in [0.2, 0.25) is 0 Å².